The Balaban J connectivity index is 2.07. The Morgan fingerprint density at radius 3 is 3.00 bits per heavy atom. The van der Waals surface area contributed by atoms with Gasteiger partial charge in [0, 0.05) is 12.6 Å². The molecule has 19 heavy (non-hydrogen) atoms. The number of rotatable bonds is 6. The molecule has 2 rings (SSSR count). The first-order valence-corrected chi connectivity index (χ1v) is 6.35. The molecule has 1 aliphatic heterocycles. The minimum absolute atomic E-state index is 0.210. The average molecular weight is 262 g/mol. The molecule has 0 fully saturated rings. The molecule has 1 atom stereocenters. The van der Waals surface area contributed by atoms with Gasteiger partial charge in [-0.3, -0.25) is 0 Å². The molecule has 0 aromatic heterocycles. The molecule has 0 radical (unpaired) electrons. The smallest absolute Gasteiger partial charge is 0.231 e. The molecule has 0 saturated carbocycles. The van der Waals surface area contributed by atoms with Crippen molar-refractivity contribution >= 4 is 0 Å². The van der Waals surface area contributed by atoms with Gasteiger partial charge in [0.05, 0.1) is 19.6 Å². The topological polar surface area (TPSA) is 63.5 Å². The first kappa shape index (κ1) is 13.5. The van der Waals surface area contributed by atoms with Crippen molar-refractivity contribution in [3.63, 3.8) is 0 Å². The van der Waals surface area contributed by atoms with E-state index in [0.717, 1.165) is 12.0 Å². The van der Waals surface area contributed by atoms with E-state index in [1.54, 1.807) is 7.11 Å². The SMILES string of the molecule is CCC(CC#N)NCc1cc(OC)c2c(c1)OCO2. The summed E-state index contributed by atoms with van der Waals surface area (Å²) in [7, 11) is 1.61. The van der Waals surface area contributed by atoms with E-state index < -0.39 is 0 Å². The van der Waals surface area contributed by atoms with Crippen LogP contribution >= 0.6 is 0 Å². The molecule has 5 nitrogen and oxygen atoms in total. The predicted molar refractivity (Wildman–Crippen MR) is 70.3 cm³/mol. The molecule has 102 valence electrons. The maximum absolute atomic E-state index is 8.73. The Morgan fingerprint density at radius 1 is 1.47 bits per heavy atom. The van der Waals surface area contributed by atoms with Gasteiger partial charge in [0.25, 0.3) is 0 Å². The summed E-state index contributed by atoms with van der Waals surface area (Å²) in [6, 6.07) is 6.27. The van der Waals surface area contributed by atoms with E-state index in [9.17, 15) is 0 Å². The molecular formula is C14H18N2O3. The van der Waals surface area contributed by atoms with Gasteiger partial charge < -0.3 is 19.5 Å². The lowest BCUT2D eigenvalue weighted by Crippen LogP contribution is -2.27. The Bertz CT molecular complexity index is 482. The third-order valence-electron chi connectivity index (χ3n) is 3.14. The highest BCUT2D eigenvalue weighted by Gasteiger charge is 2.20. The van der Waals surface area contributed by atoms with E-state index in [-0.39, 0.29) is 12.8 Å². The first-order valence-electron chi connectivity index (χ1n) is 6.35. The number of fused-ring (bicyclic) bond motifs is 1. The lowest BCUT2D eigenvalue weighted by Gasteiger charge is -2.14. The second-order valence-electron chi connectivity index (χ2n) is 4.38. The number of hydrogen-bond donors (Lipinski definition) is 1. The van der Waals surface area contributed by atoms with Crippen LogP contribution in [-0.2, 0) is 6.54 Å². The highest BCUT2D eigenvalue weighted by molar-refractivity contribution is 5.55. The standard InChI is InChI=1S/C14H18N2O3/c1-3-11(4-5-15)16-8-10-6-12(17-2)14-13(7-10)18-9-19-14/h6-7,11,16H,3-4,8-9H2,1-2H3. The van der Waals surface area contributed by atoms with E-state index >= 15 is 0 Å². The summed E-state index contributed by atoms with van der Waals surface area (Å²) in [5, 5.41) is 12.1. The zero-order valence-electron chi connectivity index (χ0n) is 11.2. The Labute approximate surface area is 113 Å². The number of nitrogens with one attached hydrogen (secondary N) is 1. The van der Waals surface area contributed by atoms with Crippen LogP contribution in [0.25, 0.3) is 0 Å². The summed E-state index contributed by atoms with van der Waals surface area (Å²) >= 11 is 0. The zero-order valence-corrected chi connectivity index (χ0v) is 11.2. The van der Waals surface area contributed by atoms with Crippen LogP contribution in [0.5, 0.6) is 17.2 Å². The minimum atomic E-state index is 0.210. The number of nitrogens with zero attached hydrogens (tertiary/aromatic N) is 1. The van der Waals surface area contributed by atoms with Crippen LogP contribution < -0.4 is 19.5 Å². The van der Waals surface area contributed by atoms with Gasteiger partial charge in [0.2, 0.25) is 12.5 Å². The summed E-state index contributed by atoms with van der Waals surface area (Å²) in [4.78, 5) is 0. The molecule has 5 heteroatoms. The molecule has 0 amide bonds. The summed E-state index contributed by atoms with van der Waals surface area (Å²) in [6.07, 6.45) is 1.44. The maximum Gasteiger partial charge on any atom is 0.231 e. The zero-order chi connectivity index (χ0) is 13.7. The van der Waals surface area contributed by atoms with Crippen molar-refractivity contribution in [3.8, 4) is 23.3 Å². The monoisotopic (exact) mass is 262 g/mol. The van der Waals surface area contributed by atoms with Crippen LogP contribution in [0.2, 0.25) is 0 Å². The van der Waals surface area contributed by atoms with Crippen molar-refractivity contribution in [2.45, 2.75) is 32.4 Å². The number of hydrogen-bond acceptors (Lipinski definition) is 5. The van der Waals surface area contributed by atoms with Crippen LogP contribution in [0, 0.1) is 11.3 Å². The van der Waals surface area contributed by atoms with E-state index in [4.69, 9.17) is 19.5 Å². The number of benzene rings is 1. The molecule has 1 aliphatic rings. The molecule has 1 unspecified atom stereocenters. The van der Waals surface area contributed by atoms with E-state index in [2.05, 4.69) is 18.3 Å². The van der Waals surface area contributed by atoms with Gasteiger partial charge in [-0.15, -0.1) is 0 Å². The number of methoxy groups -OCH3 is 1. The lowest BCUT2D eigenvalue weighted by atomic mass is 10.1. The third-order valence-corrected chi connectivity index (χ3v) is 3.14. The van der Waals surface area contributed by atoms with Gasteiger partial charge in [-0.05, 0) is 24.1 Å². The largest absolute Gasteiger partial charge is 0.493 e. The van der Waals surface area contributed by atoms with Gasteiger partial charge in [-0.25, -0.2) is 0 Å². The van der Waals surface area contributed by atoms with Crippen LogP contribution in [0.15, 0.2) is 12.1 Å². The predicted octanol–water partition coefficient (Wildman–Crippen LogP) is 2.21. The van der Waals surface area contributed by atoms with E-state index in [0.29, 0.717) is 30.2 Å². The molecule has 0 bridgehead atoms. The van der Waals surface area contributed by atoms with E-state index in [1.807, 2.05) is 12.1 Å². The fourth-order valence-corrected chi connectivity index (χ4v) is 2.02. The summed E-state index contributed by atoms with van der Waals surface area (Å²) in [6.45, 7) is 2.97. The van der Waals surface area contributed by atoms with Gasteiger partial charge in [-0.1, -0.05) is 6.92 Å². The van der Waals surface area contributed by atoms with Crippen molar-refractivity contribution in [2.75, 3.05) is 13.9 Å². The summed E-state index contributed by atoms with van der Waals surface area (Å²) in [5.41, 5.74) is 1.05. The molecule has 0 aliphatic carbocycles. The normalized spacial score (nSPS) is 13.9. The highest BCUT2D eigenvalue weighted by Crippen LogP contribution is 2.41. The number of ether oxygens (including phenoxy) is 3. The van der Waals surface area contributed by atoms with Crippen molar-refractivity contribution in [3.05, 3.63) is 17.7 Å². The highest BCUT2D eigenvalue weighted by atomic mass is 16.7. The molecule has 1 heterocycles. The molecule has 0 saturated heterocycles. The van der Waals surface area contributed by atoms with Crippen LogP contribution in [0.3, 0.4) is 0 Å². The Kier molecular flexibility index (Phi) is 4.48. The van der Waals surface area contributed by atoms with Crippen LogP contribution in [0.4, 0.5) is 0 Å². The van der Waals surface area contributed by atoms with Crippen molar-refractivity contribution < 1.29 is 14.2 Å². The lowest BCUT2D eigenvalue weighted by molar-refractivity contribution is 0.171. The average Bonchev–Trinajstić information content (AvgIpc) is 2.90. The first-order chi connectivity index (χ1) is 9.28. The minimum Gasteiger partial charge on any atom is -0.493 e. The summed E-state index contributed by atoms with van der Waals surface area (Å²) in [5.74, 6) is 2.06. The molecular weight excluding hydrogens is 244 g/mol. The maximum atomic E-state index is 8.73. The van der Waals surface area contributed by atoms with Crippen molar-refractivity contribution in [1.82, 2.24) is 5.32 Å². The van der Waals surface area contributed by atoms with Gasteiger partial charge in [0.15, 0.2) is 11.5 Å². The Hall–Kier alpha value is -1.93. The second kappa shape index (κ2) is 6.30. The van der Waals surface area contributed by atoms with Gasteiger partial charge in [0.1, 0.15) is 0 Å². The molecule has 1 N–H and O–H groups in total. The summed E-state index contributed by atoms with van der Waals surface area (Å²) < 4.78 is 16.0. The molecule has 1 aromatic rings. The van der Waals surface area contributed by atoms with Crippen LogP contribution in [0.1, 0.15) is 25.3 Å². The van der Waals surface area contributed by atoms with Crippen LogP contribution in [-0.4, -0.2) is 19.9 Å². The third kappa shape index (κ3) is 3.09. The van der Waals surface area contributed by atoms with Gasteiger partial charge in [-0.2, -0.15) is 5.26 Å². The van der Waals surface area contributed by atoms with E-state index in [1.165, 1.54) is 0 Å². The van der Waals surface area contributed by atoms with Gasteiger partial charge >= 0.3 is 0 Å². The van der Waals surface area contributed by atoms with Crippen molar-refractivity contribution in [1.29, 1.82) is 5.26 Å². The quantitative estimate of drug-likeness (QED) is 0.851. The second-order valence-corrected chi connectivity index (χ2v) is 4.38. The fraction of sp³-hybridized carbons (Fsp3) is 0.500. The Morgan fingerprint density at radius 2 is 2.32 bits per heavy atom. The molecule has 0 spiro atoms. The van der Waals surface area contributed by atoms with Crippen molar-refractivity contribution in [2.24, 2.45) is 0 Å². The number of nitriles is 1. The fourth-order valence-electron chi connectivity index (χ4n) is 2.02. The molecule has 1 aromatic carbocycles.